The largest absolute Gasteiger partial charge is 0.417 e. The molecule has 0 N–H and O–H groups in total. The predicted octanol–water partition coefficient (Wildman–Crippen LogP) is 7.10. The normalized spacial score (nSPS) is 14.4. The zero-order chi connectivity index (χ0) is 24.9. The van der Waals surface area contributed by atoms with Gasteiger partial charge in [0.25, 0.3) is 0 Å². The quantitative estimate of drug-likeness (QED) is 0.366. The molecule has 0 saturated heterocycles. The molecular formula is C25H28F6N2. The summed E-state index contributed by atoms with van der Waals surface area (Å²) in [5.74, 6) is -0.394. The van der Waals surface area contributed by atoms with Gasteiger partial charge in [0.05, 0.1) is 22.6 Å². The van der Waals surface area contributed by atoms with Crippen molar-refractivity contribution in [2.75, 3.05) is 20.1 Å². The first kappa shape index (κ1) is 26.7. The first-order valence-electron chi connectivity index (χ1n) is 10.7. The predicted molar refractivity (Wildman–Crippen MR) is 115 cm³/mol. The van der Waals surface area contributed by atoms with Gasteiger partial charge >= 0.3 is 12.4 Å². The van der Waals surface area contributed by atoms with Crippen molar-refractivity contribution in [1.82, 2.24) is 4.90 Å². The lowest BCUT2D eigenvalue weighted by Gasteiger charge is -2.33. The van der Waals surface area contributed by atoms with Crippen molar-refractivity contribution in [2.24, 2.45) is 5.92 Å². The first-order valence-corrected chi connectivity index (χ1v) is 10.7. The van der Waals surface area contributed by atoms with Crippen LogP contribution in [0, 0.1) is 17.2 Å². The van der Waals surface area contributed by atoms with Crippen LogP contribution in [0.3, 0.4) is 0 Å². The number of nitriles is 1. The maximum absolute atomic E-state index is 13.4. The summed E-state index contributed by atoms with van der Waals surface area (Å²) in [7, 11) is 1.92. The molecule has 8 heteroatoms. The molecule has 0 saturated carbocycles. The Morgan fingerprint density at radius 3 is 2.00 bits per heavy atom. The summed E-state index contributed by atoms with van der Waals surface area (Å²) in [6.45, 7) is 4.78. The van der Waals surface area contributed by atoms with E-state index in [-0.39, 0.29) is 12.0 Å². The standard InChI is InChI=1S/C25H28F6N2/c1-18(2)23(17-32,13-7-14-33(3)15-12-19-8-5-4-6-9-19)20-10-11-21(24(26,27)28)22(16-20)25(29,30)31/h4-6,8-11,16,18H,7,12-15H2,1-3H3. The van der Waals surface area contributed by atoms with Crippen molar-refractivity contribution in [2.45, 2.75) is 50.9 Å². The van der Waals surface area contributed by atoms with Gasteiger partial charge in [0.2, 0.25) is 0 Å². The molecule has 0 aliphatic heterocycles. The molecule has 0 fully saturated rings. The fourth-order valence-corrected chi connectivity index (χ4v) is 4.02. The Hall–Kier alpha value is -2.53. The van der Waals surface area contributed by atoms with Gasteiger partial charge in [0.1, 0.15) is 0 Å². The highest BCUT2D eigenvalue weighted by Crippen LogP contribution is 2.44. The third-order valence-electron chi connectivity index (χ3n) is 6.07. The number of benzene rings is 2. The molecule has 0 heterocycles. The number of nitrogens with zero attached hydrogens (tertiary/aromatic N) is 2. The van der Waals surface area contributed by atoms with E-state index in [1.54, 1.807) is 13.8 Å². The highest BCUT2D eigenvalue weighted by atomic mass is 19.4. The monoisotopic (exact) mass is 470 g/mol. The maximum atomic E-state index is 13.4. The Morgan fingerprint density at radius 1 is 0.879 bits per heavy atom. The lowest BCUT2D eigenvalue weighted by atomic mass is 9.69. The van der Waals surface area contributed by atoms with Crippen LogP contribution in [0.25, 0.3) is 0 Å². The van der Waals surface area contributed by atoms with Gasteiger partial charge in [-0.05, 0) is 62.0 Å². The minimum atomic E-state index is -5.18. The van der Waals surface area contributed by atoms with Crippen molar-refractivity contribution in [3.05, 3.63) is 70.8 Å². The fourth-order valence-electron chi connectivity index (χ4n) is 4.02. The van der Waals surface area contributed by atoms with Crippen molar-refractivity contribution in [1.29, 1.82) is 5.26 Å². The molecule has 2 rings (SSSR count). The van der Waals surface area contributed by atoms with E-state index in [0.29, 0.717) is 25.1 Å². The lowest BCUT2D eigenvalue weighted by Crippen LogP contribution is -2.33. The van der Waals surface area contributed by atoms with Gasteiger partial charge in [-0.2, -0.15) is 31.6 Å². The smallest absolute Gasteiger partial charge is 0.306 e. The highest BCUT2D eigenvalue weighted by Gasteiger charge is 2.45. The Balaban J connectivity index is 2.22. The second-order valence-corrected chi connectivity index (χ2v) is 8.64. The summed E-state index contributed by atoms with van der Waals surface area (Å²) < 4.78 is 79.8. The fraction of sp³-hybridized carbons (Fsp3) is 0.480. The second-order valence-electron chi connectivity index (χ2n) is 8.64. The van der Waals surface area contributed by atoms with Crippen LogP contribution in [0.2, 0.25) is 0 Å². The van der Waals surface area contributed by atoms with Crippen molar-refractivity contribution < 1.29 is 26.3 Å². The molecule has 2 aromatic rings. The van der Waals surface area contributed by atoms with E-state index >= 15 is 0 Å². The molecule has 0 aliphatic rings. The van der Waals surface area contributed by atoms with E-state index in [0.717, 1.165) is 19.0 Å². The van der Waals surface area contributed by atoms with E-state index < -0.39 is 34.8 Å². The topological polar surface area (TPSA) is 27.0 Å². The Bertz CT molecular complexity index is 944. The van der Waals surface area contributed by atoms with Crippen molar-refractivity contribution in [3.63, 3.8) is 0 Å². The molecule has 0 spiro atoms. The Kier molecular flexibility index (Phi) is 8.58. The molecule has 33 heavy (non-hydrogen) atoms. The van der Waals surface area contributed by atoms with E-state index in [9.17, 15) is 31.6 Å². The molecule has 180 valence electrons. The Labute approximate surface area is 190 Å². The molecule has 1 atom stereocenters. The molecule has 2 nitrogen and oxygen atoms in total. The first-order chi connectivity index (χ1) is 15.3. The van der Waals surface area contributed by atoms with Crippen molar-refractivity contribution >= 4 is 0 Å². The average molecular weight is 471 g/mol. The second kappa shape index (κ2) is 10.6. The number of rotatable bonds is 9. The van der Waals surface area contributed by atoms with Crippen LogP contribution in [0.15, 0.2) is 48.5 Å². The van der Waals surface area contributed by atoms with E-state index in [1.807, 2.05) is 37.4 Å². The number of likely N-dealkylation sites (N-methyl/N-ethyl adjacent to an activating group) is 1. The zero-order valence-corrected chi connectivity index (χ0v) is 18.9. The maximum Gasteiger partial charge on any atom is 0.417 e. The number of halogens is 6. The van der Waals surface area contributed by atoms with E-state index in [4.69, 9.17) is 0 Å². The highest BCUT2D eigenvalue weighted by molar-refractivity contribution is 5.42. The van der Waals surface area contributed by atoms with Gasteiger partial charge < -0.3 is 4.90 Å². The number of hydrogen-bond acceptors (Lipinski definition) is 2. The minimum absolute atomic E-state index is 0.0349. The summed E-state index contributed by atoms with van der Waals surface area (Å²) in [4.78, 5) is 2.07. The van der Waals surface area contributed by atoms with Crippen LogP contribution in [-0.2, 0) is 24.2 Å². The number of alkyl halides is 6. The van der Waals surface area contributed by atoms with E-state index in [1.165, 1.54) is 5.56 Å². The lowest BCUT2D eigenvalue weighted by molar-refractivity contribution is -0.162. The van der Waals surface area contributed by atoms with Crippen LogP contribution >= 0.6 is 0 Å². The summed E-state index contributed by atoms with van der Waals surface area (Å²) in [6, 6.07) is 14.0. The van der Waals surface area contributed by atoms with Crippen LogP contribution in [0.5, 0.6) is 0 Å². The van der Waals surface area contributed by atoms with E-state index in [2.05, 4.69) is 11.0 Å². The van der Waals surface area contributed by atoms with Gasteiger partial charge in [-0.15, -0.1) is 0 Å². The van der Waals surface area contributed by atoms with Gasteiger partial charge in [0, 0.05) is 6.54 Å². The molecule has 0 bridgehead atoms. The third-order valence-corrected chi connectivity index (χ3v) is 6.07. The summed E-state index contributed by atoms with van der Waals surface area (Å²) in [5.41, 5.74) is -3.68. The van der Waals surface area contributed by atoms with Crippen LogP contribution in [-0.4, -0.2) is 25.0 Å². The summed E-state index contributed by atoms with van der Waals surface area (Å²) in [6.07, 6.45) is -8.74. The third kappa shape index (κ3) is 6.73. The number of hydrogen-bond donors (Lipinski definition) is 0. The molecular weight excluding hydrogens is 442 g/mol. The Morgan fingerprint density at radius 2 is 1.48 bits per heavy atom. The molecule has 0 radical (unpaired) electrons. The van der Waals surface area contributed by atoms with Crippen molar-refractivity contribution in [3.8, 4) is 6.07 Å². The molecule has 2 aromatic carbocycles. The van der Waals surface area contributed by atoms with Gasteiger partial charge in [0.15, 0.2) is 0 Å². The van der Waals surface area contributed by atoms with Gasteiger partial charge in [-0.1, -0.05) is 50.2 Å². The van der Waals surface area contributed by atoms with Gasteiger partial charge in [-0.3, -0.25) is 0 Å². The van der Waals surface area contributed by atoms with Crippen LogP contribution in [0.1, 0.15) is 48.9 Å². The van der Waals surface area contributed by atoms with Crippen LogP contribution in [0.4, 0.5) is 26.3 Å². The van der Waals surface area contributed by atoms with Crippen LogP contribution < -0.4 is 0 Å². The summed E-state index contributed by atoms with van der Waals surface area (Å²) >= 11 is 0. The zero-order valence-electron chi connectivity index (χ0n) is 18.9. The SMILES string of the molecule is CC(C)C(C#N)(CCCN(C)CCc1ccccc1)c1ccc(C(F)(F)F)c(C(F)(F)F)c1. The molecule has 0 amide bonds. The molecule has 0 aliphatic carbocycles. The minimum Gasteiger partial charge on any atom is -0.306 e. The van der Waals surface area contributed by atoms with Gasteiger partial charge in [-0.25, -0.2) is 0 Å². The average Bonchev–Trinajstić information content (AvgIpc) is 2.74. The molecule has 0 aromatic heterocycles. The molecule has 1 unspecified atom stereocenters. The summed E-state index contributed by atoms with van der Waals surface area (Å²) in [5, 5.41) is 9.97.